The van der Waals surface area contributed by atoms with Crippen LogP contribution >= 0.6 is 15.9 Å². The van der Waals surface area contributed by atoms with Crippen molar-refractivity contribution in [2.45, 2.75) is 6.54 Å². The maximum absolute atomic E-state index is 11.5. The number of likely N-dealkylation sites (N-methyl/N-ethyl adjacent to an activating group) is 1. The predicted molar refractivity (Wildman–Crippen MR) is 73.7 cm³/mol. The molecule has 0 aliphatic carbocycles. The molecule has 1 aromatic rings. The number of amides is 1. The molecule has 0 saturated heterocycles. The molecule has 0 heterocycles. The average Bonchev–Trinajstić information content (AvgIpc) is 2.29. The van der Waals surface area contributed by atoms with Gasteiger partial charge in [0.2, 0.25) is 5.91 Å². The fraction of sp³-hybridized carbons (Fsp3) is 0.308. The van der Waals surface area contributed by atoms with E-state index < -0.39 is 0 Å². The molecule has 0 radical (unpaired) electrons. The number of nitrogens with zero attached hydrogens (tertiary/aromatic N) is 1. The summed E-state index contributed by atoms with van der Waals surface area (Å²) in [5.74, 6) is 0.0134. The lowest BCUT2D eigenvalue weighted by Crippen LogP contribution is -2.34. The zero-order chi connectivity index (χ0) is 12.7. The molecule has 92 valence electrons. The molecule has 1 rings (SSSR count). The number of carbonyl (C=O) groups is 1. The van der Waals surface area contributed by atoms with E-state index in [0.29, 0.717) is 13.1 Å². The molecule has 0 saturated carbocycles. The Morgan fingerprint density at radius 3 is 2.88 bits per heavy atom. The highest BCUT2D eigenvalue weighted by molar-refractivity contribution is 9.10. The van der Waals surface area contributed by atoms with Crippen LogP contribution < -0.4 is 5.32 Å². The van der Waals surface area contributed by atoms with Crippen molar-refractivity contribution < 1.29 is 4.79 Å². The van der Waals surface area contributed by atoms with Crippen LogP contribution in [0.2, 0.25) is 0 Å². The molecule has 0 unspecified atom stereocenters. The Morgan fingerprint density at radius 1 is 1.53 bits per heavy atom. The van der Waals surface area contributed by atoms with Crippen molar-refractivity contribution in [1.29, 1.82) is 0 Å². The lowest BCUT2D eigenvalue weighted by Gasteiger charge is -2.16. The zero-order valence-electron chi connectivity index (χ0n) is 9.95. The van der Waals surface area contributed by atoms with Crippen LogP contribution in [-0.4, -0.2) is 30.9 Å². The number of carbonyl (C=O) groups excluding carboxylic acids is 1. The Hall–Kier alpha value is -1.13. The van der Waals surface area contributed by atoms with Crippen LogP contribution in [-0.2, 0) is 11.3 Å². The maximum Gasteiger partial charge on any atom is 0.234 e. The highest BCUT2D eigenvalue weighted by atomic mass is 79.9. The Labute approximate surface area is 111 Å². The quantitative estimate of drug-likeness (QED) is 0.816. The van der Waals surface area contributed by atoms with Gasteiger partial charge in [-0.25, -0.2) is 0 Å². The van der Waals surface area contributed by atoms with Crippen LogP contribution in [0.5, 0.6) is 0 Å². The smallest absolute Gasteiger partial charge is 0.234 e. The summed E-state index contributed by atoms with van der Waals surface area (Å²) in [6.07, 6.45) is 1.67. The van der Waals surface area contributed by atoms with Crippen LogP contribution in [0.15, 0.2) is 41.4 Å². The van der Waals surface area contributed by atoms with E-state index in [-0.39, 0.29) is 5.91 Å². The van der Waals surface area contributed by atoms with Crippen LogP contribution in [0.1, 0.15) is 5.56 Å². The van der Waals surface area contributed by atoms with Crippen molar-refractivity contribution in [3.8, 4) is 0 Å². The molecule has 0 aliphatic heterocycles. The molecule has 0 aromatic heterocycles. The molecular weight excluding hydrogens is 280 g/mol. The van der Waals surface area contributed by atoms with Gasteiger partial charge in [0, 0.05) is 17.6 Å². The largest absolute Gasteiger partial charge is 0.352 e. The van der Waals surface area contributed by atoms with Gasteiger partial charge in [-0.3, -0.25) is 9.69 Å². The second kappa shape index (κ2) is 7.25. The van der Waals surface area contributed by atoms with E-state index in [2.05, 4.69) is 27.8 Å². The van der Waals surface area contributed by atoms with Gasteiger partial charge in [0.25, 0.3) is 0 Å². The third-order valence-corrected chi connectivity index (χ3v) is 3.03. The molecule has 0 atom stereocenters. The molecule has 0 spiro atoms. The van der Waals surface area contributed by atoms with E-state index in [9.17, 15) is 4.79 Å². The summed E-state index contributed by atoms with van der Waals surface area (Å²) in [4.78, 5) is 13.4. The SMILES string of the molecule is C=CCNC(=O)CN(C)Cc1ccccc1Br. The van der Waals surface area contributed by atoms with E-state index in [1.165, 1.54) is 5.56 Å². The summed E-state index contributed by atoms with van der Waals surface area (Å²) in [5, 5.41) is 2.75. The Bertz CT molecular complexity index is 393. The van der Waals surface area contributed by atoms with Crippen LogP contribution in [0.25, 0.3) is 0 Å². The van der Waals surface area contributed by atoms with Gasteiger partial charge in [-0.05, 0) is 18.7 Å². The van der Waals surface area contributed by atoms with Gasteiger partial charge in [-0.2, -0.15) is 0 Å². The Morgan fingerprint density at radius 2 is 2.24 bits per heavy atom. The normalized spacial score (nSPS) is 10.3. The number of nitrogens with one attached hydrogen (secondary N) is 1. The van der Waals surface area contributed by atoms with Crippen molar-refractivity contribution >= 4 is 21.8 Å². The molecule has 17 heavy (non-hydrogen) atoms. The lowest BCUT2D eigenvalue weighted by molar-refractivity contribution is -0.121. The monoisotopic (exact) mass is 296 g/mol. The molecule has 1 aromatic carbocycles. The van der Waals surface area contributed by atoms with Crippen molar-refractivity contribution in [3.63, 3.8) is 0 Å². The van der Waals surface area contributed by atoms with Crippen LogP contribution in [0, 0.1) is 0 Å². The second-order valence-electron chi connectivity index (χ2n) is 3.86. The van der Waals surface area contributed by atoms with E-state index >= 15 is 0 Å². The number of halogens is 1. The highest BCUT2D eigenvalue weighted by Gasteiger charge is 2.07. The maximum atomic E-state index is 11.5. The average molecular weight is 297 g/mol. The summed E-state index contributed by atoms with van der Waals surface area (Å²) >= 11 is 3.49. The molecule has 3 nitrogen and oxygen atoms in total. The minimum atomic E-state index is 0.0134. The van der Waals surface area contributed by atoms with E-state index in [0.717, 1.165) is 11.0 Å². The lowest BCUT2D eigenvalue weighted by atomic mass is 10.2. The van der Waals surface area contributed by atoms with Gasteiger partial charge >= 0.3 is 0 Å². The second-order valence-corrected chi connectivity index (χ2v) is 4.71. The van der Waals surface area contributed by atoms with Gasteiger partial charge in [-0.15, -0.1) is 6.58 Å². The fourth-order valence-electron chi connectivity index (χ4n) is 1.46. The van der Waals surface area contributed by atoms with E-state index in [4.69, 9.17) is 0 Å². The molecule has 0 fully saturated rings. The molecule has 0 aliphatic rings. The minimum absolute atomic E-state index is 0.0134. The summed E-state index contributed by atoms with van der Waals surface area (Å²) in [6, 6.07) is 8.01. The third kappa shape index (κ3) is 5.15. The number of benzene rings is 1. The first-order valence-electron chi connectivity index (χ1n) is 5.43. The number of rotatable bonds is 6. The summed E-state index contributed by atoms with van der Waals surface area (Å²) in [6.45, 7) is 5.20. The van der Waals surface area contributed by atoms with Crippen molar-refractivity contribution in [1.82, 2.24) is 10.2 Å². The predicted octanol–water partition coefficient (Wildman–Crippen LogP) is 2.18. The van der Waals surface area contributed by atoms with Crippen molar-refractivity contribution in [2.75, 3.05) is 20.1 Å². The van der Waals surface area contributed by atoms with Crippen LogP contribution in [0.3, 0.4) is 0 Å². The topological polar surface area (TPSA) is 32.3 Å². The third-order valence-electron chi connectivity index (χ3n) is 2.26. The Balaban J connectivity index is 2.44. The van der Waals surface area contributed by atoms with Crippen molar-refractivity contribution in [2.24, 2.45) is 0 Å². The number of hydrogen-bond donors (Lipinski definition) is 1. The van der Waals surface area contributed by atoms with E-state index in [1.54, 1.807) is 6.08 Å². The van der Waals surface area contributed by atoms with Crippen molar-refractivity contribution in [3.05, 3.63) is 47.0 Å². The van der Waals surface area contributed by atoms with Gasteiger partial charge in [-0.1, -0.05) is 40.2 Å². The fourth-order valence-corrected chi connectivity index (χ4v) is 1.87. The van der Waals surface area contributed by atoms with Gasteiger partial charge in [0.1, 0.15) is 0 Å². The molecule has 1 amide bonds. The molecule has 1 N–H and O–H groups in total. The molecular formula is C13H17BrN2O. The van der Waals surface area contributed by atoms with Gasteiger partial charge in [0.15, 0.2) is 0 Å². The van der Waals surface area contributed by atoms with Gasteiger partial charge < -0.3 is 5.32 Å². The summed E-state index contributed by atoms with van der Waals surface area (Å²) < 4.78 is 1.07. The molecule has 4 heteroatoms. The first-order chi connectivity index (χ1) is 8.13. The zero-order valence-corrected chi connectivity index (χ0v) is 11.5. The first kappa shape index (κ1) is 13.9. The van der Waals surface area contributed by atoms with Gasteiger partial charge in [0.05, 0.1) is 6.54 Å². The summed E-state index contributed by atoms with van der Waals surface area (Å²) in [7, 11) is 1.92. The highest BCUT2D eigenvalue weighted by Crippen LogP contribution is 2.16. The first-order valence-corrected chi connectivity index (χ1v) is 6.22. The Kier molecular flexibility index (Phi) is 5.94. The standard InChI is InChI=1S/C13H17BrN2O/c1-3-8-15-13(17)10-16(2)9-11-6-4-5-7-12(11)14/h3-7H,1,8-10H2,2H3,(H,15,17). The summed E-state index contributed by atoms with van der Waals surface area (Å²) in [5.41, 5.74) is 1.17. The molecule has 0 bridgehead atoms. The van der Waals surface area contributed by atoms with Crippen LogP contribution in [0.4, 0.5) is 0 Å². The number of hydrogen-bond acceptors (Lipinski definition) is 2. The van der Waals surface area contributed by atoms with E-state index in [1.807, 2.05) is 36.2 Å². The minimum Gasteiger partial charge on any atom is -0.352 e.